The molecule has 0 aliphatic heterocycles. The minimum atomic E-state index is -1.17. The second kappa shape index (κ2) is 11.6. The summed E-state index contributed by atoms with van der Waals surface area (Å²) in [5, 5.41) is 23.8. The van der Waals surface area contributed by atoms with Crippen LogP contribution >= 0.6 is 11.8 Å². The molecule has 0 saturated heterocycles. The Morgan fingerprint density at radius 1 is 1.11 bits per heavy atom. The van der Waals surface area contributed by atoms with E-state index in [2.05, 4.69) is 10.6 Å². The van der Waals surface area contributed by atoms with Crippen LogP contribution in [-0.4, -0.2) is 64.2 Å². The lowest BCUT2D eigenvalue weighted by Gasteiger charge is -2.23. The molecule has 0 aliphatic rings. The lowest BCUT2D eigenvalue weighted by molar-refractivity contribution is -0.142. The summed E-state index contributed by atoms with van der Waals surface area (Å²) >= 11 is 1.49. The minimum absolute atomic E-state index is 0.123. The molecule has 0 spiro atoms. The number of nitrogens with one attached hydrogen (secondary N) is 2. The highest BCUT2D eigenvalue weighted by Crippen LogP contribution is 2.06. The fourth-order valence-electron chi connectivity index (χ4n) is 2.31. The van der Waals surface area contributed by atoms with Gasteiger partial charge < -0.3 is 26.6 Å². The number of nitrogens with two attached hydrogens (primary N) is 1. The van der Waals surface area contributed by atoms with Crippen LogP contribution in [0.25, 0.3) is 0 Å². The second-order valence-electron chi connectivity index (χ2n) is 6.20. The van der Waals surface area contributed by atoms with Gasteiger partial charge in [-0.05, 0) is 30.9 Å². The number of hydrogen-bond donors (Lipinski definition) is 5. The third kappa shape index (κ3) is 7.98. The first-order chi connectivity index (χ1) is 12.8. The number of thioether (sulfide) groups is 1. The number of carbonyl (C=O) groups excluding carboxylic acids is 2. The molecule has 6 N–H and O–H groups in total. The lowest BCUT2D eigenvalue weighted by Crippen LogP contribution is -2.56. The third-order valence-electron chi connectivity index (χ3n) is 3.96. The van der Waals surface area contributed by atoms with Gasteiger partial charge in [0.05, 0.1) is 6.10 Å². The van der Waals surface area contributed by atoms with Gasteiger partial charge in [0, 0.05) is 6.42 Å². The van der Waals surface area contributed by atoms with E-state index in [1.807, 2.05) is 12.3 Å². The summed E-state index contributed by atoms with van der Waals surface area (Å²) in [5.74, 6) is -1.85. The van der Waals surface area contributed by atoms with Crippen LogP contribution in [0.4, 0.5) is 0 Å². The van der Waals surface area contributed by atoms with E-state index >= 15 is 0 Å². The van der Waals surface area contributed by atoms with Gasteiger partial charge in [0.25, 0.3) is 0 Å². The predicted molar refractivity (Wildman–Crippen MR) is 104 cm³/mol. The Morgan fingerprint density at radius 2 is 1.70 bits per heavy atom. The van der Waals surface area contributed by atoms with Crippen molar-refractivity contribution >= 4 is 29.5 Å². The van der Waals surface area contributed by atoms with Gasteiger partial charge in [-0.3, -0.25) is 9.59 Å². The van der Waals surface area contributed by atoms with E-state index in [-0.39, 0.29) is 6.42 Å². The van der Waals surface area contributed by atoms with Crippen molar-refractivity contribution in [1.29, 1.82) is 0 Å². The number of rotatable bonds is 11. The van der Waals surface area contributed by atoms with Crippen LogP contribution in [0.15, 0.2) is 30.3 Å². The molecule has 0 fully saturated rings. The fraction of sp³-hybridized carbons (Fsp3) is 0.500. The summed E-state index contributed by atoms with van der Waals surface area (Å²) in [4.78, 5) is 36.2. The van der Waals surface area contributed by atoms with E-state index in [0.29, 0.717) is 12.2 Å². The Morgan fingerprint density at radius 3 is 2.22 bits per heavy atom. The van der Waals surface area contributed by atoms with Crippen molar-refractivity contribution < 1.29 is 24.6 Å². The van der Waals surface area contributed by atoms with Gasteiger partial charge in [0.2, 0.25) is 11.8 Å². The number of aliphatic carboxylic acids is 1. The summed E-state index contributed by atoms with van der Waals surface area (Å²) in [6.07, 6.45) is 1.22. The van der Waals surface area contributed by atoms with Crippen molar-refractivity contribution in [3.8, 4) is 0 Å². The molecule has 150 valence electrons. The second-order valence-corrected chi connectivity index (χ2v) is 7.18. The average molecular weight is 397 g/mol. The molecule has 0 radical (unpaired) electrons. The zero-order valence-corrected chi connectivity index (χ0v) is 16.2. The van der Waals surface area contributed by atoms with Gasteiger partial charge in [-0.25, -0.2) is 4.79 Å². The van der Waals surface area contributed by atoms with E-state index < -0.39 is 42.0 Å². The number of amides is 2. The molecule has 0 bridgehead atoms. The summed E-state index contributed by atoms with van der Waals surface area (Å²) in [6, 6.07) is 5.70. The Bertz CT molecular complexity index is 627. The molecule has 0 aliphatic carbocycles. The van der Waals surface area contributed by atoms with Gasteiger partial charge in [-0.15, -0.1) is 0 Å². The molecular formula is C18H27N3O5S. The first kappa shape index (κ1) is 22.9. The first-order valence-corrected chi connectivity index (χ1v) is 9.95. The van der Waals surface area contributed by atoms with Crippen molar-refractivity contribution in [2.75, 3.05) is 12.0 Å². The van der Waals surface area contributed by atoms with Gasteiger partial charge in [-0.2, -0.15) is 11.8 Å². The summed E-state index contributed by atoms with van der Waals surface area (Å²) < 4.78 is 0. The number of carbonyl (C=O) groups is 3. The molecule has 4 unspecified atom stereocenters. The van der Waals surface area contributed by atoms with Crippen LogP contribution in [-0.2, 0) is 20.8 Å². The summed E-state index contributed by atoms with van der Waals surface area (Å²) in [6.45, 7) is 1.38. The predicted octanol–water partition coefficient (Wildman–Crippen LogP) is -0.255. The van der Waals surface area contributed by atoms with Crippen molar-refractivity contribution in [1.82, 2.24) is 10.6 Å². The highest BCUT2D eigenvalue weighted by Gasteiger charge is 2.28. The molecule has 1 aromatic carbocycles. The summed E-state index contributed by atoms with van der Waals surface area (Å²) in [7, 11) is 0. The molecule has 2 amide bonds. The van der Waals surface area contributed by atoms with Crippen molar-refractivity contribution in [2.45, 2.75) is 44.0 Å². The number of carboxylic acids is 1. The molecule has 27 heavy (non-hydrogen) atoms. The van der Waals surface area contributed by atoms with Gasteiger partial charge >= 0.3 is 5.97 Å². The van der Waals surface area contributed by atoms with E-state index in [1.165, 1.54) is 18.7 Å². The standard InChI is InChI=1S/C18H27N3O5S/c1-11(22)15(19)17(24)20-13(8-9-27-2)16(23)21-14(18(25)26)10-12-6-4-3-5-7-12/h3-7,11,13-15,22H,8-10,19H2,1-2H3,(H,20,24)(H,21,23)(H,25,26). The highest BCUT2D eigenvalue weighted by molar-refractivity contribution is 7.98. The van der Waals surface area contributed by atoms with Gasteiger partial charge in [-0.1, -0.05) is 30.3 Å². The van der Waals surface area contributed by atoms with Gasteiger partial charge in [0.15, 0.2) is 0 Å². The Kier molecular flexibility index (Phi) is 9.84. The van der Waals surface area contributed by atoms with Crippen LogP contribution < -0.4 is 16.4 Å². The summed E-state index contributed by atoms with van der Waals surface area (Å²) in [5.41, 5.74) is 6.37. The molecular weight excluding hydrogens is 370 g/mol. The highest BCUT2D eigenvalue weighted by atomic mass is 32.2. The Hall–Kier alpha value is -2.10. The third-order valence-corrected chi connectivity index (χ3v) is 4.61. The van der Waals surface area contributed by atoms with Crippen molar-refractivity contribution in [3.63, 3.8) is 0 Å². The zero-order valence-electron chi connectivity index (χ0n) is 15.4. The number of benzene rings is 1. The topological polar surface area (TPSA) is 142 Å². The zero-order chi connectivity index (χ0) is 20.4. The molecule has 9 heteroatoms. The lowest BCUT2D eigenvalue weighted by atomic mass is 10.0. The van der Waals surface area contributed by atoms with Crippen LogP contribution in [0, 0.1) is 0 Å². The quantitative estimate of drug-likeness (QED) is 0.346. The maximum atomic E-state index is 12.6. The molecule has 4 atom stereocenters. The van der Waals surface area contributed by atoms with Crippen LogP contribution in [0.1, 0.15) is 18.9 Å². The smallest absolute Gasteiger partial charge is 0.326 e. The minimum Gasteiger partial charge on any atom is -0.480 e. The molecule has 0 heterocycles. The van der Waals surface area contributed by atoms with Crippen molar-refractivity contribution in [2.24, 2.45) is 5.73 Å². The normalized spacial score (nSPS) is 15.3. The monoisotopic (exact) mass is 397 g/mol. The van der Waals surface area contributed by atoms with Crippen LogP contribution in [0.3, 0.4) is 0 Å². The average Bonchev–Trinajstić information content (AvgIpc) is 2.64. The van der Waals surface area contributed by atoms with E-state index in [9.17, 15) is 24.6 Å². The van der Waals surface area contributed by atoms with E-state index in [0.717, 1.165) is 5.56 Å². The van der Waals surface area contributed by atoms with Crippen LogP contribution in [0.2, 0.25) is 0 Å². The first-order valence-electron chi connectivity index (χ1n) is 8.56. The number of aliphatic hydroxyl groups excluding tert-OH is 1. The van der Waals surface area contributed by atoms with Crippen LogP contribution in [0.5, 0.6) is 0 Å². The Labute approximate surface area is 162 Å². The van der Waals surface area contributed by atoms with E-state index in [1.54, 1.807) is 24.3 Å². The molecule has 0 saturated carbocycles. The SMILES string of the molecule is CSCCC(NC(=O)C(N)C(C)O)C(=O)NC(Cc1ccccc1)C(=O)O. The number of hydrogen-bond acceptors (Lipinski definition) is 6. The number of carboxylic acid groups (broad SMARTS) is 1. The maximum Gasteiger partial charge on any atom is 0.326 e. The largest absolute Gasteiger partial charge is 0.480 e. The molecule has 1 aromatic rings. The molecule has 1 rings (SSSR count). The van der Waals surface area contributed by atoms with Gasteiger partial charge in [0.1, 0.15) is 18.1 Å². The Balaban J connectivity index is 2.82. The van der Waals surface area contributed by atoms with E-state index in [4.69, 9.17) is 5.73 Å². The molecule has 0 aromatic heterocycles. The van der Waals surface area contributed by atoms with Crippen molar-refractivity contribution in [3.05, 3.63) is 35.9 Å². The maximum absolute atomic E-state index is 12.6. The number of aliphatic hydroxyl groups is 1. The fourth-order valence-corrected chi connectivity index (χ4v) is 2.79. The molecule has 8 nitrogen and oxygen atoms in total.